The molecule has 0 aromatic heterocycles. The van der Waals surface area contributed by atoms with Crippen LogP contribution < -0.4 is 5.06 Å². The second kappa shape index (κ2) is 5.52. The Morgan fingerprint density at radius 3 is 2.44 bits per heavy atom. The van der Waals surface area contributed by atoms with Gasteiger partial charge in [-0.2, -0.15) is 5.06 Å². The van der Waals surface area contributed by atoms with Gasteiger partial charge in [0.05, 0.1) is 5.69 Å². The van der Waals surface area contributed by atoms with E-state index in [0.717, 1.165) is 4.47 Å². The van der Waals surface area contributed by atoms with E-state index >= 15 is 0 Å². The first-order chi connectivity index (χ1) is 8.58. The van der Waals surface area contributed by atoms with Crippen molar-refractivity contribution in [3.63, 3.8) is 0 Å². The van der Waals surface area contributed by atoms with Gasteiger partial charge in [0.2, 0.25) is 0 Å². The van der Waals surface area contributed by atoms with Crippen molar-refractivity contribution >= 4 is 39.1 Å². The SMILES string of the molecule is O=C(c1ccc(Br)cc1)N(O)c1cccc(Cl)c1. The Morgan fingerprint density at radius 1 is 1.17 bits per heavy atom. The maximum absolute atomic E-state index is 12.0. The molecule has 0 atom stereocenters. The lowest BCUT2D eigenvalue weighted by atomic mass is 10.2. The molecule has 18 heavy (non-hydrogen) atoms. The van der Waals surface area contributed by atoms with E-state index in [-0.39, 0.29) is 0 Å². The lowest BCUT2D eigenvalue weighted by molar-refractivity contribution is 0.0855. The number of rotatable bonds is 2. The van der Waals surface area contributed by atoms with E-state index in [1.807, 2.05) is 0 Å². The molecular weight excluding hydrogens is 318 g/mol. The lowest BCUT2D eigenvalue weighted by Gasteiger charge is -2.15. The summed E-state index contributed by atoms with van der Waals surface area (Å²) in [7, 11) is 0. The molecule has 0 radical (unpaired) electrons. The second-order valence-corrected chi connectivity index (χ2v) is 4.96. The van der Waals surface area contributed by atoms with E-state index in [0.29, 0.717) is 21.3 Å². The summed E-state index contributed by atoms with van der Waals surface area (Å²) in [6.45, 7) is 0. The molecule has 92 valence electrons. The first kappa shape index (κ1) is 13.1. The highest BCUT2D eigenvalue weighted by atomic mass is 79.9. The summed E-state index contributed by atoms with van der Waals surface area (Å²) in [4.78, 5) is 12.0. The van der Waals surface area contributed by atoms with Crippen LogP contribution in [-0.2, 0) is 0 Å². The number of anilines is 1. The van der Waals surface area contributed by atoms with Crippen LogP contribution in [0.2, 0.25) is 5.02 Å². The first-order valence-corrected chi connectivity index (χ1v) is 6.29. The van der Waals surface area contributed by atoms with E-state index in [9.17, 15) is 10.0 Å². The zero-order valence-corrected chi connectivity index (χ0v) is 11.5. The van der Waals surface area contributed by atoms with Crippen molar-refractivity contribution in [1.82, 2.24) is 0 Å². The third kappa shape index (κ3) is 2.90. The minimum atomic E-state index is -0.509. The predicted molar refractivity (Wildman–Crippen MR) is 74.2 cm³/mol. The Bertz CT molecular complexity index is 571. The summed E-state index contributed by atoms with van der Waals surface area (Å²) < 4.78 is 0.867. The number of hydroxylamine groups is 1. The van der Waals surface area contributed by atoms with Gasteiger partial charge in [0, 0.05) is 15.1 Å². The van der Waals surface area contributed by atoms with Crippen LogP contribution in [0.4, 0.5) is 5.69 Å². The third-order valence-electron chi connectivity index (χ3n) is 2.34. The first-order valence-electron chi connectivity index (χ1n) is 5.12. The number of carbonyl (C=O) groups excluding carboxylic acids is 1. The maximum atomic E-state index is 12.0. The maximum Gasteiger partial charge on any atom is 0.281 e. The molecule has 0 fully saturated rings. The monoisotopic (exact) mass is 325 g/mol. The minimum absolute atomic E-state index is 0.329. The van der Waals surface area contributed by atoms with Crippen LogP contribution in [0, 0.1) is 0 Å². The lowest BCUT2D eigenvalue weighted by Crippen LogP contribution is -2.26. The molecule has 0 spiro atoms. The molecule has 0 heterocycles. The number of hydrogen-bond acceptors (Lipinski definition) is 2. The Balaban J connectivity index is 2.26. The van der Waals surface area contributed by atoms with E-state index in [1.54, 1.807) is 42.5 Å². The number of amides is 1. The molecule has 0 aliphatic carbocycles. The van der Waals surface area contributed by atoms with E-state index < -0.39 is 5.91 Å². The van der Waals surface area contributed by atoms with Crippen LogP contribution in [0.25, 0.3) is 0 Å². The predicted octanol–water partition coefficient (Wildman–Crippen LogP) is 4.14. The molecule has 0 saturated heterocycles. The molecule has 3 nitrogen and oxygen atoms in total. The van der Waals surface area contributed by atoms with Gasteiger partial charge >= 0.3 is 0 Å². The van der Waals surface area contributed by atoms with Gasteiger partial charge in [-0.05, 0) is 42.5 Å². The standard InChI is InChI=1S/C13H9BrClNO2/c14-10-6-4-9(5-7-10)13(17)16(18)12-3-1-2-11(15)8-12/h1-8,18H. The van der Waals surface area contributed by atoms with Crippen LogP contribution >= 0.6 is 27.5 Å². The number of hydrogen-bond donors (Lipinski definition) is 1. The molecule has 5 heteroatoms. The Kier molecular flexibility index (Phi) is 4.01. The summed E-state index contributed by atoms with van der Waals surface area (Å²) in [6.07, 6.45) is 0. The van der Waals surface area contributed by atoms with Crippen LogP contribution in [0.15, 0.2) is 53.0 Å². The van der Waals surface area contributed by atoms with Gasteiger partial charge in [0.25, 0.3) is 5.91 Å². The molecule has 2 aromatic rings. The van der Waals surface area contributed by atoms with Crippen molar-refractivity contribution in [2.75, 3.05) is 5.06 Å². The van der Waals surface area contributed by atoms with Crippen LogP contribution in [0.1, 0.15) is 10.4 Å². The second-order valence-electron chi connectivity index (χ2n) is 3.60. The Morgan fingerprint density at radius 2 is 1.83 bits per heavy atom. The van der Waals surface area contributed by atoms with E-state index in [4.69, 9.17) is 11.6 Å². The highest BCUT2D eigenvalue weighted by molar-refractivity contribution is 9.10. The van der Waals surface area contributed by atoms with Crippen molar-refractivity contribution in [2.45, 2.75) is 0 Å². The quantitative estimate of drug-likeness (QED) is 0.665. The average molecular weight is 327 g/mol. The Labute approximate surface area is 118 Å². The zero-order chi connectivity index (χ0) is 13.1. The molecule has 2 rings (SSSR count). The molecule has 1 N–H and O–H groups in total. The van der Waals surface area contributed by atoms with E-state index in [2.05, 4.69) is 15.9 Å². The fraction of sp³-hybridized carbons (Fsp3) is 0. The van der Waals surface area contributed by atoms with Crippen LogP contribution in [0.3, 0.4) is 0 Å². The van der Waals surface area contributed by atoms with Gasteiger partial charge in [0.1, 0.15) is 0 Å². The summed E-state index contributed by atoms with van der Waals surface area (Å²) in [5, 5.41) is 10.9. The fourth-order valence-corrected chi connectivity index (χ4v) is 1.89. The summed E-state index contributed by atoms with van der Waals surface area (Å²) >= 11 is 9.09. The molecule has 0 aliphatic heterocycles. The van der Waals surface area contributed by atoms with Gasteiger partial charge in [-0.3, -0.25) is 10.0 Å². The van der Waals surface area contributed by atoms with Gasteiger partial charge in [-0.15, -0.1) is 0 Å². The largest absolute Gasteiger partial charge is 0.281 e. The average Bonchev–Trinajstić information content (AvgIpc) is 2.38. The number of nitrogens with zero attached hydrogens (tertiary/aromatic N) is 1. The summed E-state index contributed by atoms with van der Waals surface area (Å²) in [6, 6.07) is 13.2. The molecule has 0 bridgehead atoms. The topological polar surface area (TPSA) is 40.5 Å². The van der Waals surface area contributed by atoms with Gasteiger partial charge in [-0.25, -0.2) is 0 Å². The summed E-state index contributed by atoms with van der Waals surface area (Å²) in [5.41, 5.74) is 0.719. The molecule has 2 aromatic carbocycles. The normalized spacial score (nSPS) is 10.2. The van der Waals surface area contributed by atoms with Crippen molar-refractivity contribution in [1.29, 1.82) is 0 Å². The van der Waals surface area contributed by atoms with Gasteiger partial charge in [-0.1, -0.05) is 33.6 Å². The van der Waals surface area contributed by atoms with E-state index in [1.165, 1.54) is 6.07 Å². The molecule has 0 saturated carbocycles. The third-order valence-corrected chi connectivity index (χ3v) is 3.10. The van der Waals surface area contributed by atoms with Crippen molar-refractivity contribution < 1.29 is 10.0 Å². The highest BCUT2D eigenvalue weighted by Gasteiger charge is 2.15. The highest BCUT2D eigenvalue weighted by Crippen LogP contribution is 2.20. The van der Waals surface area contributed by atoms with Crippen LogP contribution in [0.5, 0.6) is 0 Å². The molecule has 0 aliphatic rings. The zero-order valence-electron chi connectivity index (χ0n) is 9.18. The van der Waals surface area contributed by atoms with Gasteiger partial charge in [0.15, 0.2) is 0 Å². The molecule has 0 unspecified atom stereocenters. The Hall–Kier alpha value is -1.36. The van der Waals surface area contributed by atoms with Crippen molar-refractivity contribution in [2.24, 2.45) is 0 Å². The van der Waals surface area contributed by atoms with Gasteiger partial charge < -0.3 is 0 Å². The minimum Gasteiger partial charge on any atom is -0.281 e. The molecular formula is C13H9BrClNO2. The van der Waals surface area contributed by atoms with Crippen LogP contribution in [-0.4, -0.2) is 11.1 Å². The summed E-state index contributed by atoms with van der Waals surface area (Å²) in [5.74, 6) is -0.509. The number of benzene rings is 2. The van der Waals surface area contributed by atoms with Crippen molar-refractivity contribution in [3.05, 3.63) is 63.6 Å². The van der Waals surface area contributed by atoms with Crippen molar-refractivity contribution in [3.8, 4) is 0 Å². The number of halogens is 2. The smallest absolute Gasteiger partial charge is 0.281 e. The number of carbonyl (C=O) groups is 1. The molecule has 1 amide bonds. The fourth-order valence-electron chi connectivity index (χ4n) is 1.44.